The zero-order valence-electron chi connectivity index (χ0n) is 28.4. The van der Waals surface area contributed by atoms with Gasteiger partial charge in [-0.1, -0.05) is 146 Å². The maximum absolute atomic E-state index is 6.46. The summed E-state index contributed by atoms with van der Waals surface area (Å²) in [5, 5.41) is 3.02. The highest BCUT2D eigenvalue weighted by Crippen LogP contribution is 2.40. The molecule has 6 heteroatoms. The Bertz CT molecular complexity index is 2920. The number of benzene rings is 7. The van der Waals surface area contributed by atoms with Crippen LogP contribution in [-0.4, -0.2) is 24.9 Å². The van der Waals surface area contributed by atoms with Crippen molar-refractivity contribution < 1.29 is 4.42 Å². The van der Waals surface area contributed by atoms with Crippen molar-refractivity contribution in [3.63, 3.8) is 0 Å². The third-order valence-corrected chi connectivity index (χ3v) is 9.68. The maximum atomic E-state index is 6.46. The zero-order valence-corrected chi connectivity index (χ0v) is 28.4. The Labute approximate surface area is 305 Å². The van der Waals surface area contributed by atoms with Crippen LogP contribution < -0.4 is 0 Å². The number of aromatic nitrogens is 5. The van der Waals surface area contributed by atoms with E-state index < -0.39 is 0 Å². The van der Waals surface area contributed by atoms with Crippen molar-refractivity contribution >= 4 is 32.8 Å². The third-order valence-electron chi connectivity index (χ3n) is 9.68. The molecule has 0 saturated carbocycles. The number of rotatable bonds is 6. The zero-order chi connectivity index (χ0) is 35.1. The van der Waals surface area contributed by atoms with Gasteiger partial charge in [0, 0.05) is 39.2 Å². The van der Waals surface area contributed by atoms with Crippen LogP contribution in [0.2, 0.25) is 0 Å². The number of para-hydroxylation sites is 1. The fourth-order valence-corrected chi connectivity index (χ4v) is 7.03. The molecule has 0 radical (unpaired) electrons. The van der Waals surface area contributed by atoms with Gasteiger partial charge in [-0.15, -0.1) is 0 Å². The van der Waals surface area contributed by atoms with Crippen molar-refractivity contribution in [3.8, 4) is 67.5 Å². The maximum Gasteiger partial charge on any atom is 0.164 e. The van der Waals surface area contributed by atoms with Crippen molar-refractivity contribution in [2.75, 3.05) is 0 Å². The normalized spacial score (nSPS) is 11.4. The molecule has 7 aromatic carbocycles. The lowest BCUT2D eigenvalue weighted by molar-refractivity contribution is 0.670. The molecule has 0 aliphatic rings. The third kappa shape index (κ3) is 5.59. The largest absolute Gasteiger partial charge is 0.455 e. The van der Waals surface area contributed by atoms with E-state index in [-0.39, 0.29) is 0 Å². The first-order valence-corrected chi connectivity index (χ1v) is 17.5. The number of furan rings is 1. The second kappa shape index (κ2) is 12.8. The van der Waals surface area contributed by atoms with Crippen molar-refractivity contribution in [1.29, 1.82) is 0 Å². The lowest BCUT2D eigenvalue weighted by Gasteiger charge is -2.11. The number of nitrogens with zero attached hydrogens (tertiary/aromatic N) is 5. The average Bonchev–Trinajstić information content (AvgIpc) is 3.64. The molecule has 0 N–H and O–H groups in total. The van der Waals surface area contributed by atoms with Crippen molar-refractivity contribution in [2.24, 2.45) is 0 Å². The summed E-state index contributed by atoms with van der Waals surface area (Å²) < 4.78 is 6.46. The summed E-state index contributed by atoms with van der Waals surface area (Å²) in [6.07, 6.45) is 3.46. The molecule has 0 aliphatic heterocycles. The second-order valence-electron chi connectivity index (χ2n) is 13.0. The smallest absolute Gasteiger partial charge is 0.164 e. The molecule has 3 heterocycles. The van der Waals surface area contributed by atoms with Gasteiger partial charge < -0.3 is 4.42 Å². The lowest BCUT2D eigenvalue weighted by Crippen LogP contribution is -2.00. The van der Waals surface area contributed by atoms with Crippen LogP contribution in [0.1, 0.15) is 0 Å². The molecule has 0 aliphatic carbocycles. The predicted molar refractivity (Wildman–Crippen MR) is 213 cm³/mol. The van der Waals surface area contributed by atoms with Crippen LogP contribution in [0.4, 0.5) is 0 Å². The molecule has 3 aromatic heterocycles. The van der Waals surface area contributed by atoms with Gasteiger partial charge in [-0.05, 0) is 46.0 Å². The Morgan fingerprint density at radius 1 is 0.415 bits per heavy atom. The van der Waals surface area contributed by atoms with Gasteiger partial charge in [-0.25, -0.2) is 24.9 Å². The Kier molecular flexibility index (Phi) is 7.36. The molecule has 0 bridgehead atoms. The quantitative estimate of drug-likeness (QED) is 0.174. The minimum absolute atomic E-state index is 0.616. The predicted octanol–water partition coefficient (Wildman–Crippen LogP) is 11.7. The van der Waals surface area contributed by atoms with E-state index in [1.807, 2.05) is 60.8 Å². The van der Waals surface area contributed by atoms with Gasteiger partial charge >= 0.3 is 0 Å². The molecular weight excluding hydrogens is 651 g/mol. The summed E-state index contributed by atoms with van der Waals surface area (Å²) in [7, 11) is 0. The highest BCUT2D eigenvalue weighted by Gasteiger charge is 2.18. The van der Waals surface area contributed by atoms with Gasteiger partial charge in [0.2, 0.25) is 0 Å². The number of hydrogen-bond donors (Lipinski definition) is 0. The van der Waals surface area contributed by atoms with Gasteiger partial charge in [0.1, 0.15) is 17.5 Å². The lowest BCUT2D eigenvalue weighted by atomic mass is 9.96. The molecule has 0 unspecified atom stereocenters. The van der Waals surface area contributed by atoms with Crippen LogP contribution in [0.3, 0.4) is 0 Å². The molecule has 0 spiro atoms. The van der Waals surface area contributed by atoms with E-state index in [0.717, 1.165) is 77.3 Å². The Morgan fingerprint density at radius 3 is 1.68 bits per heavy atom. The highest BCUT2D eigenvalue weighted by molar-refractivity contribution is 6.21. The van der Waals surface area contributed by atoms with Gasteiger partial charge in [-0.3, -0.25) is 0 Å². The van der Waals surface area contributed by atoms with Gasteiger partial charge in [0.05, 0.1) is 10.9 Å². The van der Waals surface area contributed by atoms with Crippen LogP contribution in [0.15, 0.2) is 181 Å². The summed E-state index contributed by atoms with van der Waals surface area (Å²) in [5.74, 6) is 1.87. The highest BCUT2D eigenvalue weighted by atomic mass is 16.3. The van der Waals surface area contributed by atoms with E-state index >= 15 is 0 Å². The molecule has 248 valence electrons. The summed E-state index contributed by atoms with van der Waals surface area (Å²) in [6, 6.07) is 56.0. The Hall–Kier alpha value is -7.31. The molecule has 0 fully saturated rings. The Balaban J connectivity index is 1.03. The van der Waals surface area contributed by atoms with Crippen molar-refractivity contribution in [2.45, 2.75) is 0 Å². The molecule has 10 aromatic rings. The van der Waals surface area contributed by atoms with Gasteiger partial charge in [0.15, 0.2) is 17.5 Å². The van der Waals surface area contributed by atoms with E-state index in [4.69, 9.17) is 19.4 Å². The van der Waals surface area contributed by atoms with Crippen molar-refractivity contribution in [1.82, 2.24) is 24.9 Å². The summed E-state index contributed by atoms with van der Waals surface area (Å²) in [6.45, 7) is 0. The molecule has 53 heavy (non-hydrogen) atoms. The molecule has 6 nitrogen and oxygen atoms in total. The first-order chi connectivity index (χ1) is 26.2. The van der Waals surface area contributed by atoms with Crippen LogP contribution in [0.5, 0.6) is 0 Å². The van der Waals surface area contributed by atoms with Crippen LogP contribution >= 0.6 is 0 Å². The molecule has 0 amide bonds. The standard InChI is InChI=1S/C47H29N5O/c1-3-10-30(11-4-1)31-20-24-35(25-21-31)46-50-45(34-12-5-2-6-13-34)51-47(52-46)37-15-9-14-36(26-37)32-18-22-33(23-19-32)40-27-38-28-48-29-49-43(38)42-39-16-7-8-17-41(39)53-44(40)42/h1-29H. The topological polar surface area (TPSA) is 77.6 Å². The fourth-order valence-electron chi connectivity index (χ4n) is 7.03. The van der Waals surface area contributed by atoms with E-state index in [0.29, 0.717) is 17.5 Å². The van der Waals surface area contributed by atoms with Gasteiger partial charge in [-0.2, -0.15) is 0 Å². The molecule has 0 saturated heterocycles. The minimum Gasteiger partial charge on any atom is -0.455 e. The van der Waals surface area contributed by atoms with E-state index in [9.17, 15) is 0 Å². The van der Waals surface area contributed by atoms with Crippen LogP contribution in [0, 0.1) is 0 Å². The second-order valence-corrected chi connectivity index (χ2v) is 13.0. The van der Waals surface area contributed by atoms with Crippen molar-refractivity contribution in [3.05, 3.63) is 176 Å². The summed E-state index contributed by atoms with van der Waals surface area (Å²) in [5.41, 5.74) is 11.8. The molecule has 0 atom stereocenters. The number of fused-ring (bicyclic) bond motifs is 5. The first-order valence-electron chi connectivity index (χ1n) is 17.5. The number of hydrogen-bond acceptors (Lipinski definition) is 6. The van der Waals surface area contributed by atoms with E-state index in [1.54, 1.807) is 6.33 Å². The molecule has 10 rings (SSSR count). The summed E-state index contributed by atoms with van der Waals surface area (Å²) >= 11 is 0. The first kappa shape index (κ1) is 30.5. The van der Waals surface area contributed by atoms with E-state index in [1.165, 1.54) is 5.56 Å². The summed E-state index contributed by atoms with van der Waals surface area (Å²) in [4.78, 5) is 23.9. The fraction of sp³-hybridized carbons (Fsp3) is 0. The minimum atomic E-state index is 0.616. The molecular formula is C47H29N5O. The van der Waals surface area contributed by atoms with Crippen LogP contribution in [-0.2, 0) is 0 Å². The SMILES string of the molecule is c1ccc(-c2ccc(-c3nc(-c4ccccc4)nc(-c4cccc(-c5ccc(-c6cc7cncnc7c7c6oc6ccccc67)cc5)c4)n3)cc2)cc1. The Morgan fingerprint density at radius 2 is 0.943 bits per heavy atom. The van der Waals surface area contributed by atoms with E-state index in [2.05, 4.69) is 119 Å². The average molecular weight is 680 g/mol. The monoisotopic (exact) mass is 679 g/mol. The van der Waals surface area contributed by atoms with Gasteiger partial charge in [0.25, 0.3) is 0 Å². The van der Waals surface area contributed by atoms with Crippen LogP contribution in [0.25, 0.3) is 100 Å².